The third kappa shape index (κ3) is 4.93. The molecule has 0 spiro atoms. The number of benzene rings is 2. The Morgan fingerprint density at radius 3 is 2.38 bits per heavy atom. The lowest BCUT2D eigenvalue weighted by molar-refractivity contribution is 0.102. The van der Waals surface area contributed by atoms with Crippen molar-refractivity contribution in [1.29, 1.82) is 0 Å². The van der Waals surface area contributed by atoms with Crippen molar-refractivity contribution in [3.8, 4) is 0 Å². The first kappa shape index (κ1) is 20.1. The van der Waals surface area contributed by atoms with Crippen LogP contribution in [0, 0.1) is 0 Å². The number of anilines is 1. The van der Waals surface area contributed by atoms with Gasteiger partial charge >= 0.3 is 0 Å². The topological polar surface area (TPSA) is 75.3 Å². The molecule has 0 unspecified atom stereocenters. The molecule has 0 aliphatic rings. The average Bonchev–Trinajstić information content (AvgIpc) is 2.60. The Kier molecular flexibility index (Phi) is 6.56. The zero-order valence-corrected chi connectivity index (χ0v) is 16.4. The van der Waals surface area contributed by atoms with E-state index in [0.29, 0.717) is 11.5 Å². The van der Waals surface area contributed by atoms with Crippen LogP contribution >= 0.6 is 0 Å². The average molecular weight is 375 g/mol. The number of nitrogens with one attached hydrogen (secondary N) is 2. The second-order valence-corrected chi connectivity index (χ2v) is 8.37. The van der Waals surface area contributed by atoms with Crippen molar-refractivity contribution in [3.05, 3.63) is 59.7 Å². The summed E-state index contributed by atoms with van der Waals surface area (Å²) in [6, 6.07) is 13.5. The van der Waals surface area contributed by atoms with Crippen molar-refractivity contribution >= 4 is 21.6 Å². The summed E-state index contributed by atoms with van der Waals surface area (Å²) in [5.74, 6) is -0.0178. The number of hydrogen-bond acceptors (Lipinski definition) is 3. The first-order valence-electron chi connectivity index (χ1n) is 8.77. The summed E-state index contributed by atoms with van der Waals surface area (Å²) in [6.07, 6.45) is 0.960. The Bertz CT molecular complexity index is 876. The van der Waals surface area contributed by atoms with Gasteiger partial charge in [-0.1, -0.05) is 38.1 Å². The standard InChI is InChI=1S/C20H26N2O3S/c1-5-15(4)18-11-6-7-12-19(18)21-20(23)16-9-8-10-17(13-16)26(24,25)22-14(2)3/h6-15,22H,5H2,1-4H3,(H,21,23)/t15-/m0/s1. The molecule has 0 heterocycles. The summed E-state index contributed by atoms with van der Waals surface area (Å²) >= 11 is 0. The van der Waals surface area contributed by atoms with Gasteiger partial charge in [-0.15, -0.1) is 0 Å². The predicted molar refractivity (Wildman–Crippen MR) is 105 cm³/mol. The molecule has 0 saturated carbocycles. The van der Waals surface area contributed by atoms with Gasteiger partial charge in [0.05, 0.1) is 4.90 Å². The number of sulfonamides is 1. The van der Waals surface area contributed by atoms with Crippen molar-refractivity contribution in [2.75, 3.05) is 5.32 Å². The van der Waals surface area contributed by atoms with Crippen molar-refractivity contribution < 1.29 is 13.2 Å². The van der Waals surface area contributed by atoms with Crippen LogP contribution in [-0.4, -0.2) is 20.4 Å². The number of carbonyl (C=O) groups is 1. The zero-order valence-electron chi connectivity index (χ0n) is 15.6. The predicted octanol–water partition coefficient (Wildman–Crippen LogP) is 4.14. The van der Waals surface area contributed by atoms with E-state index in [-0.39, 0.29) is 16.8 Å². The number of carbonyl (C=O) groups excluding carboxylic acids is 1. The summed E-state index contributed by atoms with van der Waals surface area (Å²) in [5, 5.41) is 2.91. The lowest BCUT2D eigenvalue weighted by atomic mass is 9.97. The summed E-state index contributed by atoms with van der Waals surface area (Å²) in [4.78, 5) is 12.7. The second kappa shape index (κ2) is 8.47. The highest BCUT2D eigenvalue weighted by molar-refractivity contribution is 7.89. The minimum absolute atomic E-state index is 0.0778. The van der Waals surface area contributed by atoms with E-state index in [0.717, 1.165) is 17.7 Å². The van der Waals surface area contributed by atoms with Crippen LogP contribution in [0.5, 0.6) is 0 Å². The van der Waals surface area contributed by atoms with E-state index >= 15 is 0 Å². The third-order valence-electron chi connectivity index (χ3n) is 4.15. The van der Waals surface area contributed by atoms with Gasteiger partial charge in [-0.25, -0.2) is 13.1 Å². The van der Waals surface area contributed by atoms with E-state index in [1.165, 1.54) is 12.1 Å². The van der Waals surface area contributed by atoms with Crippen LogP contribution in [0.25, 0.3) is 0 Å². The van der Waals surface area contributed by atoms with E-state index in [2.05, 4.69) is 23.9 Å². The molecule has 2 aromatic rings. The van der Waals surface area contributed by atoms with Gasteiger partial charge < -0.3 is 5.32 Å². The van der Waals surface area contributed by atoms with E-state index in [9.17, 15) is 13.2 Å². The Hall–Kier alpha value is -2.18. The molecule has 2 aromatic carbocycles. The maximum Gasteiger partial charge on any atom is 0.255 e. The summed E-state index contributed by atoms with van der Waals surface area (Å²) < 4.78 is 27.2. The van der Waals surface area contributed by atoms with Crippen molar-refractivity contribution in [2.24, 2.45) is 0 Å². The number of rotatable bonds is 7. The maximum absolute atomic E-state index is 12.7. The van der Waals surface area contributed by atoms with Crippen LogP contribution in [0.15, 0.2) is 53.4 Å². The largest absolute Gasteiger partial charge is 0.322 e. The number of para-hydroxylation sites is 1. The highest BCUT2D eigenvalue weighted by atomic mass is 32.2. The highest BCUT2D eigenvalue weighted by Gasteiger charge is 2.18. The van der Waals surface area contributed by atoms with E-state index in [4.69, 9.17) is 0 Å². The molecule has 0 bridgehead atoms. The van der Waals surface area contributed by atoms with Gasteiger partial charge in [0.15, 0.2) is 0 Å². The molecule has 1 atom stereocenters. The minimum Gasteiger partial charge on any atom is -0.322 e. The van der Waals surface area contributed by atoms with Crippen LogP contribution < -0.4 is 10.0 Å². The monoisotopic (exact) mass is 374 g/mol. The molecule has 5 nitrogen and oxygen atoms in total. The molecule has 26 heavy (non-hydrogen) atoms. The summed E-state index contributed by atoms with van der Waals surface area (Å²) in [5.41, 5.74) is 2.12. The first-order chi connectivity index (χ1) is 12.2. The first-order valence-corrected chi connectivity index (χ1v) is 10.3. The fourth-order valence-corrected chi connectivity index (χ4v) is 3.93. The molecular weight excluding hydrogens is 348 g/mol. The second-order valence-electron chi connectivity index (χ2n) is 6.65. The van der Waals surface area contributed by atoms with Gasteiger partial charge in [0.2, 0.25) is 10.0 Å². The van der Waals surface area contributed by atoms with Crippen molar-refractivity contribution in [1.82, 2.24) is 4.72 Å². The zero-order chi connectivity index (χ0) is 19.3. The molecule has 0 saturated heterocycles. The van der Waals surface area contributed by atoms with Crippen LogP contribution in [0.1, 0.15) is 56.0 Å². The molecule has 140 valence electrons. The smallest absolute Gasteiger partial charge is 0.255 e. The van der Waals surface area contributed by atoms with Gasteiger partial charge in [0.1, 0.15) is 0 Å². The molecule has 0 radical (unpaired) electrons. The maximum atomic E-state index is 12.7. The third-order valence-corrected chi connectivity index (χ3v) is 5.81. The van der Waals surface area contributed by atoms with Gasteiger partial charge in [0.25, 0.3) is 5.91 Å². The molecule has 0 aliphatic heterocycles. The van der Waals surface area contributed by atoms with Crippen molar-refractivity contribution in [2.45, 2.75) is 51.0 Å². The Balaban J connectivity index is 2.28. The number of hydrogen-bond donors (Lipinski definition) is 2. The van der Waals surface area contributed by atoms with E-state index in [1.807, 2.05) is 24.3 Å². The molecule has 2 rings (SSSR count). The molecule has 2 N–H and O–H groups in total. The molecule has 1 amide bonds. The lowest BCUT2D eigenvalue weighted by Crippen LogP contribution is -2.30. The van der Waals surface area contributed by atoms with Gasteiger partial charge in [0, 0.05) is 17.3 Å². The highest BCUT2D eigenvalue weighted by Crippen LogP contribution is 2.27. The Morgan fingerprint density at radius 2 is 1.73 bits per heavy atom. The fraction of sp³-hybridized carbons (Fsp3) is 0.350. The molecular formula is C20H26N2O3S. The quantitative estimate of drug-likeness (QED) is 0.765. The van der Waals surface area contributed by atoms with Gasteiger partial charge in [-0.05, 0) is 56.0 Å². The van der Waals surface area contributed by atoms with Crippen LogP contribution in [0.4, 0.5) is 5.69 Å². The van der Waals surface area contributed by atoms with Gasteiger partial charge in [-0.3, -0.25) is 4.79 Å². The lowest BCUT2D eigenvalue weighted by Gasteiger charge is -2.16. The van der Waals surface area contributed by atoms with E-state index in [1.54, 1.807) is 26.0 Å². The number of amides is 1. The van der Waals surface area contributed by atoms with Crippen LogP contribution in [-0.2, 0) is 10.0 Å². The summed E-state index contributed by atoms with van der Waals surface area (Å²) in [6.45, 7) is 7.70. The van der Waals surface area contributed by atoms with Crippen molar-refractivity contribution in [3.63, 3.8) is 0 Å². The van der Waals surface area contributed by atoms with E-state index < -0.39 is 10.0 Å². The molecule has 0 aliphatic carbocycles. The Labute approximate surface area is 155 Å². The van der Waals surface area contributed by atoms with Crippen LogP contribution in [0.3, 0.4) is 0 Å². The minimum atomic E-state index is -3.64. The van der Waals surface area contributed by atoms with Gasteiger partial charge in [-0.2, -0.15) is 0 Å². The molecule has 0 aromatic heterocycles. The molecule has 0 fully saturated rings. The Morgan fingerprint density at radius 1 is 1.04 bits per heavy atom. The van der Waals surface area contributed by atoms with Crippen LogP contribution in [0.2, 0.25) is 0 Å². The normalized spacial score (nSPS) is 12.8. The summed E-state index contributed by atoms with van der Waals surface area (Å²) in [7, 11) is -3.64. The SMILES string of the molecule is CC[C@H](C)c1ccccc1NC(=O)c1cccc(S(=O)(=O)NC(C)C)c1. The molecule has 6 heteroatoms. The fourth-order valence-electron chi connectivity index (χ4n) is 2.64.